The van der Waals surface area contributed by atoms with Gasteiger partial charge in [-0.2, -0.15) is 9.59 Å². The van der Waals surface area contributed by atoms with Gasteiger partial charge in [-0.3, -0.25) is 0 Å². The van der Waals surface area contributed by atoms with Gasteiger partial charge in [-0.25, -0.2) is 4.98 Å². The Morgan fingerprint density at radius 2 is 2.32 bits per heavy atom. The normalized spacial score (nSPS) is 20.2. The Kier molecular flexibility index (Phi) is 3.41. The number of hydrogen-bond donors (Lipinski definition) is 1. The topological polar surface area (TPSA) is 83.5 Å². The number of aromatic nitrogens is 6. The van der Waals surface area contributed by atoms with Gasteiger partial charge in [-0.05, 0) is 12.8 Å². The molecule has 0 unspecified atom stereocenters. The molecule has 7 nitrogen and oxygen atoms in total. The lowest BCUT2D eigenvalue weighted by molar-refractivity contribution is 0.491. The van der Waals surface area contributed by atoms with Crippen molar-refractivity contribution in [3.63, 3.8) is 0 Å². The number of hydrogen-bond acceptors (Lipinski definition) is 7. The number of tetrazole rings is 1. The maximum absolute atomic E-state index is 4.62. The minimum absolute atomic E-state index is 0.332. The van der Waals surface area contributed by atoms with E-state index in [0.29, 0.717) is 11.8 Å². The summed E-state index contributed by atoms with van der Waals surface area (Å²) in [5.74, 6) is 2.45. The molecule has 1 aliphatic rings. The van der Waals surface area contributed by atoms with Crippen LogP contribution in [0.1, 0.15) is 50.2 Å². The van der Waals surface area contributed by atoms with Crippen molar-refractivity contribution < 1.29 is 0 Å². The van der Waals surface area contributed by atoms with Crippen molar-refractivity contribution in [2.45, 2.75) is 38.5 Å². The summed E-state index contributed by atoms with van der Waals surface area (Å²) >= 11 is 1.48. The van der Waals surface area contributed by atoms with Crippen LogP contribution in [-0.2, 0) is 0 Å². The van der Waals surface area contributed by atoms with Gasteiger partial charge in [0.15, 0.2) is 5.82 Å². The Morgan fingerprint density at radius 3 is 3.00 bits per heavy atom. The average Bonchev–Trinajstić information content (AvgIpc) is 3.10. The third-order valence-electron chi connectivity index (χ3n) is 3.37. The molecule has 19 heavy (non-hydrogen) atoms. The number of rotatable bonds is 3. The Labute approximate surface area is 115 Å². The summed E-state index contributed by atoms with van der Waals surface area (Å²) in [6.07, 6.45) is 2.22. The predicted molar refractivity (Wildman–Crippen MR) is 72.4 cm³/mol. The molecule has 8 heteroatoms. The maximum atomic E-state index is 4.62. The van der Waals surface area contributed by atoms with Crippen LogP contribution in [-0.4, -0.2) is 43.1 Å². The van der Waals surface area contributed by atoms with Gasteiger partial charge in [0.05, 0.1) is 0 Å². The zero-order valence-corrected chi connectivity index (χ0v) is 11.9. The molecule has 0 aromatic carbocycles. The van der Waals surface area contributed by atoms with Crippen LogP contribution in [0.3, 0.4) is 0 Å². The maximum Gasteiger partial charge on any atom is 0.205 e. The van der Waals surface area contributed by atoms with Crippen molar-refractivity contribution in [3.05, 3.63) is 11.6 Å². The van der Waals surface area contributed by atoms with Crippen LogP contribution in [0, 0.1) is 0 Å². The van der Waals surface area contributed by atoms with E-state index in [1.54, 1.807) is 0 Å². The second-order valence-electron chi connectivity index (χ2n) is 5.15. The van der Waals surface area contributed by atoms with Gasteiger partial charge < -0.3 is 4.90 Å². The Hall–Kier alpha value is -1.57. The van der Waals surface area contributed by atoms with Crippen molar-refractivity contribution in [1.82, 2.24) is 30.0 Å². The highest BCUT2D eigenvalue weighted by Gasteiger charge is 2.26. The first-order valence-corrected chi connectivity index (χ1v) is 7.33. The van der Waals surface area contributed by atoms with Crippen LogP contribution in [0.5, 0.6) is 0 Å². The quantitative estimate of drug-likeness (QED) is 0.918. The van der Waals surface area contributed by atoms with Crippen molar-refractivity contribution in [2.75, 3.05) is 18.0 Å². The molecule has 0 amide bonds. The second kappa shape index (κ2) is 5.20. The number of piperidine rings is 1. The van der Waals surface area contributed by atoms with Crippen LogP contribution >= 0.6 is 11.5 Å². The minimum Gasteiger partial charge on any atom is -0.346 e. The Balaban J connectivity index is 1.74. The van der Waals surface area contributed by atoms with E-state index in [9.17, 15) is 0 Å². The fourth-order valence-electron chi connectivity index (χ4n) is 2.29. The highest BCUT2D eigenvalue weighted by atomic mass is 32.1. The molecule has 2 aromatic rings. The van der Waals surface area contributed by atoms with E-state index in [1.807, 2.05) is 0 Å². The molecule has 3 heterocycles. The van der Waals surface area contributed by atoms with Crippen molar-refractivity contribution in [3.8, 4) is 0 Å². The standard InChI is InChI=1S/C11H17N7S/c1-7(2)9-12-11(19-15-9)18-5-3-4-8(6-18)10-13-16-17-14-10/h7-8H,3-6H2,1-2H3,(H,13,14,16,17)/t8-/m1/s1. The first kappa shape index (κ1) is 12.5. The van der Waals surface area contributed by atoms with Crippen LogP contribution in [0.4, 0.5) is 5.13 Å². The summed E-state index contributed by atoms with van der Waals surface area (Å²) in [5.41, 5.74) is 0. The molecule has 1 atom stereocenters. The number of nitrogens with one attached hydrogen (secondary N) is 1. The predicted octanol–water partition coefficient (Wildman–Crippen LogP) is 1.56. The smallest absolute Gasteiger partial charge is 0.205 e. The molecule has 0 saturated carbocycles. The van der Waals surface area contributed by atoms with Crippen LogP contribution < -0.4 is 4.90 Å². The van der Waals surface area contributed by atoms with Crippen LogP contribution in [0.25, 0.3) is 0 Å². The van der Waals surface area contributed by atoms with E-state index in [-0.39, 0.29) is 0 Å². The zero-order valence-electron chi connectivity index (χ0n) is 11.1. The molecular weight excluding hydrogens is 262 g/mol. The third-order valence-corrected chi connectivity index (χ3v) is 4.16. The monoisotopic (exact) mass is 279 g/mol. The second-order valence-corrected chi connectivity index (χ2v) is 5.88. The van der Waals surface area contributed by atoms with Gasteiger partial charge in [0.2, 0.25) is 5.13 Å². The first-order chi connectivity index (χ1) is 9.24. The van der Waals surface area contributed by atoms with Gasteiger partial charge in [0, 0.05) is 36.5 Å². The highest BCUT2D eigenvalue weighted by Crippen LogP contribution is 2.29. The van der Waals surface area contributed by atoms with E-state index < -0.39 is 0 Å². The molecule has 1 aliphatic heterocycles. The number of aromatic amines is 1. The summed E-state index contributed by atoms with van der Waals surface area (Å²) in [7, 11) is 0. The van der Waals surface area contributed by atoms with Crippen molar-refractivity contribution in [2.24, 2.45) is 0 Å². The van der Waals surface area contributed by atoms with Crippen molar-refractivity contribution >= 4 is 16.7 Å². The number of anilines is 1. The molecule has 1 fully saturated rings. The van der Waals surface area contributed by atoms with Gasteiger partial charge in [0.1, 0.15) is 5.82 Å². The molecule has 0 bridgehead atoms. The van der Waals surface area contributed by atoms with E-state index in [0.717, 1.165) is 42.7 Å². The van der Waals surface area contributed by atoms with Crippen LogP contribution in [0.2, 0.25) is 0 Å². The fourth-order valence-corrected chi connectivity index (χ4v) is 3.14. The molecule has 0 radical (unpaired) electrons. The first-order valence-electron chi connectivity index (χ1n) is 6.56. The molecule has 0 aliphatic carbocycles. The van der Waals surface area contributed by atoms with Gasteiger partial charge in [-0.1, -0.05) is 19.1 Å². The molecule has 3 rings (SSSR count). The Bertz CT molecular complexity index is 521. The third kappa shape index (κ3) is 2.58. The Morgan fingerprint density at radius 1 is 1.42 bits per heavy atom. The van der Waals surface area contributed by atoms with E-state index >= 15 is 0 Å². The summed E-state index contributed by atoms with van der Waals surface area (Å²) in [5, 5.41) is 15.4. The van der Waals surface area contributed by atoms with E-state index in [1.165, 1.54) is 11.5 Å². The summed E-state index contributed by atoms with van der Waals surface area (Å²) in [6, 6.07) is 0. The minimum atomic E-state index is 0.332. The molecule has 102 valence electrons. The lowest BCUT2D eigenvalue weighted by Gasteiger charge is -2.30. The molecular formula is C11H17N7S. The lowest BCUT2D eigenvalue weighted by atomic mass is 9.98. The molecule has 0 spiro atoms. The van der Waals surface area contributed by atoms with E-state index in [4.69, 9.17) is 0 Å². The molecule has 1 saturated heterocycles. The SMILES string of the molecule is CC(C)c1nsc(N2CCC[C@@H](c3nn[nH]n3)C2)n1. The number of nitrogens with zero attached hydrogens (tertiary/aromatic N) is 6. The summed E-state index contributed by atoms with van der Waals surface area (Å²) in [4.78, 5) is 6.90. The number of H-pyrrole nitrogens is 1. The highest BCUT2D eigenvalue weighted by molar-refractivity contribution is 7.09. The lowest BCUT2D eigenvalue weighted by Crippen LogP contribution is -2.34. The molecule has 1 N–H and O–H groups in total. The largest absolute Gasteiger partial charge is 0.346 e. The van der Waals surface area contributed by atoms with E-state index in [2.05, 4.69) is 48.7 Å². The average molecular weight is 279 g/mol. The fraction of sp³-hybridized carbons (Fsp3) is 0.727. The zero-order chi connectivity index (χ0) is 13.2. The van der Waals surface area contributed by atoms with Crippen molar-refractivity contribution in [1.29, 1.82) is 0 Å². The van der Waals surface area contributed by atoms with Crippen LogP contribution in [0.15, 0.2) is 0 Å². The van der Waals surface area contributed by atoms with Gasteiger partial charge in [0.25, 0.3) is 0 Å². The van der Waals surface area contributed by atoms with Gasteiger partial charge >= 0.3 is 0 Å². The van der Waals surface area contributed by atoms with Gasteiger partial charge in [-0.15, -0.1) is 10.2 Å². The summed E-state index contributed by atoms with van der Waals surface area (Å²) < 4.78 is 4.42. The summed E-state index contributed by atoms with van der Waals surface area (Å²) in [6.45, 7) is 6.15. The molecule has 2 aromatic heterocycles.